The third-order valence-corrected chi connectivity index (χ3v) is 7.10. The number of nitrogens with one attached hydrogen (secondary N) is 1. The Morgan fingerprint density at radius 2 is 1.69 bits per heavy atom. The van der Waals surface area contributed by atoms with E-state index in [-0.39, 0.29) is 27.8 Å². The molecule has 1 heterocycles. The van der Waals surface area contributed by atoms with Crippen LogP contribution in [-0.4, -0.2) is 62.0 Å². The summed E-state index contributed by atoms with van der Waals surface area (Å²) in [7, 11) is -3.35. The first-order valence-corrected chi connectivity index (χ1v) is 11.7. The number of hydrogen-bond acceptors (Lipinski definition) is 7. The Bertz CT molecular complexity index is 1140. The van der Waals surface area contributed by atoms with Gasteiger partial charge < -0.3 is 15.1 Å². The minimum Gasteiger partial charge on any atom is -0.362 e. The molecular weight excluding hydrogens is 436 g/mol. The fraction of sp³-hybridized carbons (Fsp3) is 0.333. The number of nitrogens with zero attached hydrogens (tertiary/aromatic N) is 3. The SMILES string of the molecule is CCS(=O)(=O)c1ccc(NC(=O)c2ccc(N3CCN(C(C)=O)CC3)c([N+](=O)[O-])c2)cc1. The molecule has 0 atom stereocenters. The van der Waals surface area contributed by atoms with Crippen LogP contribution in [0.3, 0.4) is 0 Å². The first-order chi connectivity index (χ1) is 15.1. The average molecular weight is 461 g/mol. The van der Waals surface area contributed by atoms with Crippen molar-refractivity contribution in [1.82, 2.24) is 4.90 Å². The molecule has 0 spiro atoms. The van der Waals surface area contributed by atoms with E-state index in [2.05, 4.69) is 5.32 Å². The van der Waals surface area contributed by atoms with E-state index >= 15 is 0 Å². The second-order valence-corrected chi connectivity index (χ2v) is 9.61. The first kappa shape index (κ1) is 23.2. The molecule has 1 saturated heterocycles. The van der Waals surface area contributed by atoms with E-state index in [1.54, 1.807) is 11.8 Å². The van der Waals surface area contributed by atoms with Gasteiger partial charge in [0.25, 0.3) is 11.6 Å². The molecular formula is C21H24N4O6S. The zero-order valence-electron chi connectivity index (χ0n) is 17.8. The highest BCUT2D eigenvalue weighted by Gasteiger charge is 2.26. The molecule has 1 aliphatic rings. The molecule has 10 nitrogen and oxygen atoms in total. The van der Waals surface area contributed by atoms with Gasteiger partial charge in [-0.1, -0.05) is 6.92 Å². The van der Waals surface area contributed by atoms with Crippen LogP contribution in [0.2, 0.25) is 0 Å². The molecule has 3 rings (SSSR count). The van der Waals surface area contributed by atoms with Crippen molar-refractivity contribution in [1.29, 1.82) is 0 Å². The maximum Gasteiger partial charge on any atom is 0.293 e. The molecule has 0 aromatic heterocycles. The van der Waals surface area contributed by atoms with Crippen LogP contribution < -0.4 is 10.2 Å². The number of carbonyl (C=O) groups is 2. The van der Waals surface area contributed by atoms with Crippen molar-refractivity contribution in [2.45, 2.75) is 18.7 Å². The Morgan fingerprint density at radius 3 is 2.22 bits per heavy atom. The van der Waals surface area contributed by atoms with Crippen molar-refractivity contribution in [2.75, 3.05) is 42.1 Å². The van der Waals surface area contributed by atoms with Gasteiger partial charge >= 0.3 is 0 Å². The highest BCUT2D eigenvalue weighted by molar-refractivity contribution is 7.91. The third-order valence-electron chi connectivity index (χ3n) is 5.35. The van der Waals surface area contributed by atoms with Gasteiger partial charge in [-0.05, 0) is 36.4 Å². The summed E-state index contributed by atoms with van der Waals surface area (Å²) < 4.78 is 23.8. The largest absolute Gasteiger partial charge is 0.362 e. The summed E-state index contributed by atoms with van der Waals surface area (Å²) in [4.78, 5) is 38.9. The van der Waals surface area contributed by atoms with Crippen molar-refractivity contribution >= 4 is 38.7 Å². The summed E-state index contributed by atoms with van der Waals surface area (Å²) >= 11 is 0. The molecule has 2 aromatic carbocycles. The lowest BCUT2D eigenvalue weighted by atomic mass is 10.1. The van der Waals surface area contributed by atoms with Gasteiger partial charge in [0.05, 0.1) is 15.6 Å². The normalized spacial score (nSPS) is 14.2. The molecule has 1 N–H and O–H groups in total. The van der Waals surface area contributed by atoms with Gasteiger partial charge in [-0.2, -0.15) is 0 Å². The standard InChI is InChI=1S/C21H24N4O6S/c1-3-32(30,31)18-7-5-17(6-8-18)22-21(27)16-4-9-19(20(14-16)25(28)29)24-12-10-23(11-13-24)15(2)26/h4-9,14H,3,10-13H2,1-2H3,(H,22,27). The molecule has 2 aromatic rings. The van der Waals surface area contributed by atoms with Crippen LogP contribution in [0.25, 0.3) is 0 Å². The van der Waals surface area contributed by atoms with E-state index in [4.69, 9.17) is 0 Å². The van der Waals surface area contributed by atoms with Gasteiger partial charge in [-0.15, -0.1) is 0 Å². The zero-order chi connectivity index (χ0) is 23.5. The fourth-order valence-electron chi connectivity index (χ4n) is 3.46. The van der Waals surface area contributed by atoms with Crippen molar-refractivity contribution in [3.63, 3.8) is 0 Å². The van der Waals surface area contributed by atoms with Crippen LogP contribution in [-0.2, 0) is 14.6 Å². The molecule has 1 aliphatic heterocycles. The van der Waals surface area contributed by atoms with Crippen molar-refractivity contribution in [2.24, 2.45) is 0 Å². The lowest BCUT2D eigenvalue weighted by Gasteiger charge is -2.35. The predicted octanol–water partition coefficient (Wildman–Crippen LogP) is 2.31. The van der Waals surface area contributed by atoms with Crippen LogP contribution in [0.1, 0.15) is 24.2 Å². The van der Waals surface area contributed by atoms with E-state index in [0.717, 1.165) is 0 Å². The second-order valence-electron chi connectivity index (χ2n) is 7.34. The second kappa shape index (κ2) is 9.35. The van der Waals surface area contributed by atoms with Crippen molar-refractivity contribution in [3.8, 4) is 0 Å². The topological polar surface area (TPSA) is 130 Å². The number of nitro groups is 1. The summed E-state index contributed by atoms with van der Waals surface area (Å²) in [6.45, 7) is 4.89. The number of sulfone groups is 1. The summed E-state index contributed by atoms with van der Waals surface area (Å²) in [5.74, 6) is -0.614. The van der Waals surface area contributed by atoms with Gasteiger partial charge in [-0.25, -0.2) is 8.42 Å². The number of anilines is 2. The number of nitro benzene ring substituents is 1. The maximum atomic E-state index is 12.6. The first-order valence-electron chi connectivity index (χ1n) is 10.1. The maximum absolute atomic E-state index is 12.6. The Morgan fingerprint density at radius 1 is 1.06 bits per heavy atom. The monoisotopic (exact) mass is 460 g/mol. The number of amides is 2. The molecule has 0 radical (unpaired) electrons. The van der Waals surface area contributed by atoms with Gasteiger partial charge in [0.1, 0.15) is 5.69 Å². The lowest BCUT2D eigenvalue weighted by Crippen LogP contribution is -2.48. The zero-order valence-corrected chi connectivity index (χ0v) is 18.6. The van der Waals surface area contributed by atoms with Crippen LogP contribution in [0.15, 0.2) is 47.4 Å². The Balaban J connectivity index is 1.77. The van der Waals surface area contributed by atoms with Crippen LogP contribution >= 0.6 is 0 Å². The van der Waals surface area contributed by atoms with Crippen molar-refractivity contribution in [3.05, 3.63) is 58.1 Å². The van der Waals surface area contributed by atoms with E-state index in [0.29, 0.717) is 37.6 Å². The molecule has 0 bridgehead atoms. The molecule has 0 saturated carbocycles. The van der Waals surface area contributed by atoms with Crippen LogP contribution in [0, 0.1) is 10.1 Å². The summed E-state index contributed by atoms with van der Waals surface area (Å²) in [6.07, 6.45) is 0. The molecule has 2 amide bonds. The molecule has 170 valence electrons. The quantitative estimate of drug-likeness (QED) is 0.517. The Kier molecular flexibility index (Phi) is 6.78. The van der Waals surface area contributed by atoms with Crippen molar-refractivity contribution < 1.29 is 22.9 Å². The predicted molar refractivity (Wildman–Crippen MR) is 120 cm³/mol. The van der Waals surface area contributed by atoms with E-state index < -0.39 is 20.7 Å². The summed E-state index contributed by atoms with van der Waals surface area (Å²) in [5, 5.41) is 14.3. The fourth-order valence-corrected chi connectivity index (χ4v) is 4.34. The highest BCUT2D eigenvalue weighted by Crippen LogP contribution is 2.30. The minimum absolute atomic E-state index is 0.0292. The average Bonchev–Trinajstić information content (AvgIpc) is 2.79. The van der Waals surface area contributed by atoms with Gasteiger partial charge in [0, 0.05) is 50.4 Å². The number of piperazine rings is 1. The Hall–Kier alpha value is -3.47. The minimum atomic E-state index is -3.35. The molecule has 0 unspecified atom stereocenters. The van der Waals surface area contributed by atoms with Gasteiger partial charge in [-0.3, -0.25) is 19.7 Å². The van der Waals surface area contributed by atoms with E-state index in [1.807, 2.05) is 4.90 Å². The van der Waals surface area contributed by atoms with Crippen LogP contribution in [0.5, 0.6) is 0 Å². The smallest absolute Gasteiger partial charge is 0.293 e. The number of rotatable bonds is 6. The highest BCUT2D eigenvalue weighted by atomic mass is 32.2. The molecule has 32 heavy (non-hydrogen) atoms. The van der Waals surface area contributed by atoms with E-state index in [1.165, 1.54) is 49.4 Å². The summed E-state index contributed by atoms with van der Waals surface area (Å²) in [5.41, 5.74) is 0.674. The lowest BCUT2D eigenvalue weighted by molar-refractivity contribution is -0.384. The number of hydrogen-bond donors (Lipinski definition) is 1. The Labute approximate surface area is 185 Å². The molecule has 1 fully saturated rings. The van der Waals surface area contributed by atoms with Gasteiger partial charge in [0.15, 0.2) is 9.84 Å². The third kappa shape index (κ3) is 5.05. The molecule has 11 heteroatoms. The summed E-state index contributed by atoms with van der Waals surface area (Å²) in [6, 6.07) is 10.0. The van der Waals surface area contributed by atoms with Gasteiger partial charge in [0.2, 0.25) is 5.91 Å². The number of benzene rings is 2. The van der Waals surface area contributed by atoms with Crippen LogP contribution in [0.4, 0.5) is 17.1 Å². The van der Waals surface area contributed by atoms with E-state index in [9.17, 15) is 28.1 Å². The number of carbonyl (C=O) groups excluding carboxylic acids is 2. The molecule has 0 aliphatic carbocycles.